The molecule has 2 heterocycles. The van der Waals surface area contributed by atoms with E-state index < -0.39 is 0 Å². The highest BCUT2D eigenvalue weighted by atomic mass is 32.1. The maximum atomic E-state index is 11.9. The molecule has 1 atom stereocenters. The largest absolute Gasteiger partial charge is 0.354 e. The van der Waals surface area contributed by atoms with Crippen molar-refractivity contribution in [2.24, 2.45) is 0 Å². The number of aromatic nitrogens is 1. The van der Waals surface area contributed by atoms with Gasteiger partial charge < -0.3 is 10.6 Å². The van der Waals surface area contributed by atoms with Gasteiger partial charge in [-0.3, -0.25) is 4.79 Å². The van der Waals surface area contributed by atoms with E-state index in [0.717, 1.165) is 31.5 Å². The Morgan fingerprint density at radius 3 is 3.05 bits per heavy atom. The Bertz CT molecular complexity index is 411. The summed E-state index contributed by atoms with van der Waals surface area (Å²) in [5, 5.41) is 9.54. The van der Waals surface area contributed by atoms with E-state index in [0.29, 0.717) is 12.5 Å². The number of thiazole rings is 1. The first-order valence-electron chi connectivity index (χ1n) is 7.12. The van der Waals surface area contributed by atoms with E-state index >= 15 is 0 Å². The molecule has 4 nitrogen and oxygen atoms in total. The zero-order chi connectivity index (χ0) is 13.7. The van der Waals surface area contributed by atoms with Crippen molar-refractivity contribution in [1.29, 1.82) is 0 Å². The maximum absolute atomic E-state index is 11.9. The third-order valence-electron chi connectivity index (χ3n) is 3.37. The van der Waals surface area contributed by atoms with E-state index in [1.807, 2.05) is 0 Å². The van der Waals surface area contributed by atoms with Gasteiger partial charge in [0.25, 0.3) is 0 Å². The number of rotatable bonds is 5. The van der Waals surface area contributed by atoms with Crippen LogP contribution in [0.25, 0.3) is 0 Å². The van der Waals surface area contributed by atoms with Crippen molar-refractivity contribution in [2.45, 2.75) is 51.5 Å². The summed E-state index contributed by atoms with van der Waals surface area (Å²) in [5.41, 5.74) is 1.09. The fourth-order valence-corrected chi connectivity index (χ4v) is 3.08. The highest BCUT2D eigenvalue weighted by molar-refractivity contribution is 7.09. The Kier molecular flexibility index (Phi) is 5.34. The van der Waals surface area contributed by atoms with Crippen molar-refractivity contribution in [1.82, 2.24) is 15.6 Å². The summed E-state index contributed by atoms with van der Waals surface area (Å²) in [6, 6.07) is 0.00964. The molecule has 0 unspecified atom stereocenters. The zero-order valence-electron chi connectivity index (χ0n) is 11.7. The van der Waals surface area contributed by atoms with Crippen LogP contribution in [0.15, 0.2) is 5.38 Å². The van der Waals surface area contributed by atoms with Gasteiger partial charge in [0.15, 0.2) is 0 Å². The third-order valence-corrected chi connectivity index (χ3v) is 4.56. The number of nitrogens with zero attached hydrogens (tertiary/aromatic N) is 1. The molecule has 0 saturated carbocycles. The fourth-order valence-electron chi connectivity index (χ4n) is 2.22. The van der Waals surface area contributed by atoms with E-state index in [1.165, 1.54) is 11.4 Å². The van der Waals surface area contributed by atoms with Gasteiger partial charge in [0, 0.05) is 24.3 Å². The number of carbonyl (C=O) groups is 1. The Morgan fingerprint density at radius 2 is 2.42 bits per heavy atom. The molecule has 1 aliphatic rings. The number of piperidine rings is 1. The molecule has 0 aliphatic carbocycles. The highest BCUT2D eigenvalue weighted by Gasteiger charge is 2.19. The number of hydrogen-bond acceptors (Lipinski definition) is 4. The molecule has 19 heavy (non-hydrogen) atoms. The minimum atomic E-state index is 0.00964. The van der Waals surface area contributed by atoms with Crippen LogP contribution < -0.4 is 10.6 Å². The number of amides is 1. The molecule has 0 aromatic carbocycles. The van der Waals surface area contributed by atoms with E-state index in [1.54, 1.807) is 11.3 Å². The summed E-state index contributed by atoms with van der Waals surface area (Å²) in [6.07, 6.45) is 4.11. The van der Waals surface area contributed by atoms with Gasteiger partial charge in [0.1, 0.15) is 0 Å². The van der Waals surface area contributed by atoms with Crippen LogP contribution in [0.5, 0.6) is 0 Å². The van der Waals surface area contributed by atoms with Gasteiger partial charge in [0.05, 0.1) is 16.7 Å². The van der Waals surface area contributed by atoms with Crippen LogP contribution in [0.1, 0.15) is 49.7 Å². The van der Waals surface area contributed by atoms with Crippen LogP contribution >= 0.6 is 11.3 Å². The predicted octanol–water partition coefficient (Wildman–Crippen LogP) is 2.07. The summed E-state index contributed by atoms with van der Waals surface area (Å²) >= 11 is 1.71. The lowest BCUT2D eigenvalue weighted by atomic mass is 10.0. The minimum absolute atomic E-state index is 0.00964. The first kappa shape index (κ1) is 14.5. The molecular weight excluding hydrogens is 258 g/mol. The van der Waals surface area contributed by atoms with Gasteiger partial charge in [-0.1, -0.05) is 20.3 Å². The van der Waals surface area contributed by atoms with Crippen LogP contribution in [-0.4, -0.2) is 30.0 Å². The van der Waals surface area contributed by atoms with Crippen LogP contribution in [-0.2, 0) is 11.2 Å². The van der Waals surface area contributed by atoms with Crippen molar-refractivity contribution < 1.29 is 4.79 Å². The number of carbonyl (C=O) groups excluding carboxylic acids is 1. The molecule has 0 bridgehead atoms. The molecule has 1 amide bonds. The van der Waals surface area contributed by atoms with E-state index in [2.05, 4.69) is 34.8 Å². The minimum Gasteiger partial charge on any atom is -0.354 e. The Labute approximate surface area is 119 Å². The van der Waals surface area contributed by atoms with E-state index in [4.69, 9.17) is 0 Å². The molecule has 5 heteroatoms. The lowest BCUT2D eigenvalue weighted by Crippen LogP contribution is -2.47. The summed E-state index contributed by atoms with van der Waals surface area (Å²) in [4.78, 5) is 16.5. The fraction of sp³-hybridized carbons (Fsp3) is 0.714. The summed E-state index contributed by atoms with van der Waals surface area (Å²) in [7, 11) is 0. The lowest BCUT2D eigenvalue weighted by Gasteiger charge is -2.22. The monoisotopic (exact) mass is 281 g/mol. The maximum Gasteiger partial charge on any atom is 0.237 e. The van der Waals surface area contributed by atoms with Crippen LogP contribution in [0.4, 0.5) is 0 Å². The van der Waals surface area contributed by atoms with Crippen molar-refractivity contribution >= 4 is 17.2 Å². The van der Waals surface area contributed by atoms with E-state index in [-0.39, 0.29) is 11.9 Å². The van der Waals surface area contributed by atoms with Gasteiger partial charge in [-0.15, -0.1) is 11.3 Å². The summed E-state index contributed by atoms with van der Waals surface area (Å²) in [5.74, 6) is 0.624. The average Bonchev–Trinajstić information content (AvgIpc) is 2.89. The first-order valence-corrected chi connectivity index (χ1v) is 8.00. The molecule has 2 N–H and O–H groups in total. The van der Waals surface area contributed by atoms with Crippen LogP contribution in [0.3, 0.4) is 0 Å². The van der Waals surface area contributed by atoms with Crippen molar-refractivity contribution in [3.63, 3.8) is 0 Å². The smallest absolute Gasteiger partial charge is 0.237 e. The molecule has 0 radical (unpaired) electrons. The molecular formula is C14H23N3OS. The van der Waals surface area contributed by atoms with Gasteiger partial charge in [-0.05, 0) is 19.4 Å². The highest BCUT2D eigenvalue weighted by Crippen LogP contribution is 2.19. The SMILES string of the molecule is CC(C)c1nc(CCNC(=O)[C@H]2CCCCN2)cs1. The quantitative estimate of drug-likeness (QED) is 0.868. The third kappa shape index (κ3) is 4.28. The van der Waals surface area contributed by atoms with Gasteiger partial charge in [-0.2, -0.15) is 0 Å². The molecule has 1 saturated heterocycles. The second kappa shape index (κ2) is 7.01. The normalized spacial score (nSPS) is 19.6. The topological polar surface area (TPSA) is 54.0 Å². The molecule has 1 aliphatic heterocycles. The molecule has 1 fully saturated rings. The van der Waals surface area contributed by atoms with Gasteiger partial charge >= 0.3 is 0 Å². The summed E-state index contributed by atoms with van der Waals surface area (Å²) < 4.78 is 0. The Balaban J connectivity index is 1.71. The lowest BCUT2D eigenvalue weighted by molar-refractivity contribution is -0.123. The zero-order valence-corrected chi connectivity index (χ0v) is 12.6. The van der Waals surface area contributed by atoms with Crippen molar-refractivity contribution in [3.05, 3.63) is 16.1 Å². The van der Waals surface area contributed by atoms with E-state index in [9.17, 15) is 4.79 Å². The van der Waals surface area contributed by atoms with Crippen molar-refractivity contribution in [3.8, 4) is 0 Å². The summed E-state index contributed by atoms with van der Waals surface area (Å²) in [6.45, 7) is 5.94. The second-order valence-electron chi connectivity index (χ2n) is 5.38. The van der Waals surface area contributed by atoms with Gasteiger partial charge in [0.2, 0.25) is 5.91 Å². The van der Waals surface area contributed by atoms with Crippen molar-refractivity contribution in [2.75, 3.05) is 13.1 Å². The van der Waals surface area contributed by atoms with Crippen LogP contribution in [0, 0.1) is 0 Å². The Morgan fingerprint density at radius 1 is 1.58 bits per heavy atom. The molecule has 0 spiro atoms. The average molecular weight is 281 g/mol. The molecule has 2 rings (SSSR count). The predicted molar refractivity (Wildman–Crippen MR) is 78.6 cm³/mol. The molecule has 1 aromatic rings. The second-order valence-corrected chi connectivity index (χ2v) is 6.26. The number of nitrogens with one attached hydrogen (secondary N) is 2. The first-order chi connectivity index (χ1) is 9.16. The van der Waals surface area contributed by atoms with Gasteiger partial charge in [-0.25, -0.2) is 4.98 Å². The standard InChI is InChI=1S/C14H23N3OS/c1-10(2)14-17-11(9-19-14)6-8-16-13(18)12-5-3-4-7-15-12/h9-10,12,15H,3-8H2,1-2H3,(H,16,18)/t12-/m1/s1. The molecule has 1 aromatic heterocycles. The Hall–Kier alpha value is -0.940. The number of hydrogen-bond donors (Lipinski definition) is 2. The van der Waals surface area contributed by atoms with Crippen LogP contribution in [0.2, 0.25) is 0 Å². The molecule has 106 valence electrons.